The molecule has 0 amide bonds. The summed E-state index contributed by atoms with van der Waals surface area (Å²) in [6, 6.07) is 20.1. The molecule has 0 atom stereocenters. The van der Waals surface area contributed by atoms with E-state index < -0.39 is 11.4 Å². The van der Waals surface area contributed by atoms with Gasteiger partial charge in [0, 0.05) is 18.0 Å². The number of hydrogen-bond acceptors (Lipinski definition) is 7. The quantitative estimate of drug-likeness (QED) is 0.429. The van der Waals surface area contributed by atoms with E-state index in [0.717, 1.165) is 15.7 Å². The zero-order valence-corrected chi connectivity index (χ0v) is 18.0. The van der Waals surface area contributed by atoms with Crippen molar-refractivity contribution in [1.29, 1.82) is 0 Å². The van der Waals surface area contributed by atoms with Crippen molar-refractivity contribution in [1.82, 2.24) is 19.1 Å². The largest absolute Gasteiger partial charge is 0.439 e. The van der Waals surface area contributed by atoms with Crippen LogP contribution in [0.5, 0.6) is 11.6 Å². The molecule has 0 aliphatic heterocycles. The zero-order chi connectivity index (χ0) is 23.2. The van der Waals surface area contributed by atoms with E-state index in [9.17, 15) is 14.7 Å². The third-order valence-corrected chi connectivity index (χ3v) is 4.91. The van der Waals surface area contributed by atoms with Crippen LogP contribution in [0.2, 0.25) is 0 Å². The Morgan fingerprint density at radius 2 is 1.73 bits per heavy atom. The molecule has 168 valence electrons. The number of aryl methyl sites for hydroxylation is 1. The summed E-state index contributed by atoms with van der Waals surface area (Å²) in [6.45, 7) is 1.72. The maximum absolute atomic E-state index is 13.0. The van der Waals surface area contributed by atoms with Crippen LogP contribution in [0.15, 0.2) is 82.5 Å². The summed E-state index contributed by atoms with van der Waals surface area (Å²) < 4.78 is 7.98. The predicted octanol–water partition coefficient (Wildman–Crippen LogP) is 2.68. The van der Waals surface area contributed by atoms with Gasteiger partial charge in [0.1, 0.15) is 5.75 Å². The Hall–Kier alpha value is -4.24. The Morgan fingerprint density at radius 3 is 2.39 bits per heavy atom. The molecule has 0 spiro atoms. The third-order valence-electron chi connectivity index (χ3n) is 4.91. The number of rotatable bonds is 8. The molecule has 0 fully saturated rings. The maximum Gasteiger partial charge on any atom is 0.355 e. The molecular formula is C24H23N5O4. The smallest absolute Gasteiger partial charge is 0.355 e. The van der Waals surface area contributed by atoms with Crippen LogP contribution in [-0.2, 0) is 13.1 Å². The lowest BCUT2D eigenvalue weighted by molar-refractivity contribution is 0.268. The van der Waals surface area contributed by atoms with Gasteiger partial charge in [0.2, 0.25) is 11.8 Å². The normalized spacial score (nSPS) is 10.7. The van der Waals surface area contributed by atoms with Crippen molar-refractivity contribution in [2.45, 2.75) is 20.0 Å². The number of benzene rings is 2. The summed E-state index contributed by atoms with van der Waals surface area (Å²) >= 11 is 0. The van der Waals surface area contributed by atoms with Crippen molar-refractivity contribution < 1.29 is 9.84 Å². The summed E-state index contributed by atoms with van der Waals surface area (Å²) in [5.41, 5.74) is 1.31. The zero-order valence-electron chi connectivity index (χ0n) is 18.0. The summed E-state index contributed by atoms with van der Waals surface area (Å²) in [5.74, 6) is 1.17. The van der Waals surface area contributed by atoms with Crippen LogP contribution in [0.25, 0.3) is 0 Å². The number of nitrogens with zero attached hydrogens (tertiary/aromatic N) is 4. The molecule has 0 unspecified atom stereocenters. The minimum Gasteiger partial charge on any atom is -0.439 e. The predicted molar refractivity (Wildman–Crippen MR) is 124 cm³/mol. The van der Waals surface area contributed by atoms with Gasteiger partial charge < -0.3 is 15.2 Å². The number of hydrogen-bond donors (Lipinski definition) is 2. The third kappa shape index (κ3) is 5.34. The summed E-state index contributed by atoms with van der Waals surface area (Å²) in [5, 5.41) is 12.3. The Bertz CT molecular complexity index is 1330. The number of aromatic nitrogens is 4. The average Bonchev–Trinajstić information content (AvgIpc) is 2.82. The second kappa shape index (κ2) is 9.92. The average molecular weight is 445 g/mol. The summed E-state index contributed by atoms with van der Waals surface area (Å²) in [7, 11) is 0. The van der Waals surface area contributed by atoms with Crippen molar-refractivity contribution in [2.75, 3.05) is 11.9 Å². The fraction of sp³-hybridized carbons (Fsp3) is 0.167. The van der Waals surface area contributed by atoms with E-state index >= 15 is 0 Å². The highest BCUT2D eigenvalue weighted by Crippen LogP contribution is 2.22. The minimum absolute atomic E-state index is 0.109. The van der Waals surface area contributed by atoms with Crippen LogP contribution >= 0.6 is 0 Å². The van der Waals surface area contributed by atoms with Gasteiger partial charge in [0.05, 0.1) is 19.7 Å². The first-order valence-electron chi connectivity index (χ1n) is 10.4. The van der Waals surface area contributed by atoms with Gasteiger partial charge in [-0.25, -0.2) is 19.1 Å². The van der Waals surface area contributed by atoms with E-state index in [1.54, 1.807) is 42.6 Å². The molecule has 33 heavy (non-hydrogen) atoms. The fourth-order valence-electron chi connectivity index (χ4n) is 3.20. The first-order chi connectivity index (χ1) is 16.0. The van der Waals surface area contributed by atoms with Crippen molar-refractivity contribution >= 4 is 11.6 Å². The molecule has 0 aliphatic rings. The number of aliphatic hydroxyl groups is 1. The van der Waals surface area contributed by atoms with Crippen LogP contribution < -0.4 is 21.4 Å². The Labute approximate surface area is 189 Å². The lowest BCUT2D eigenvalue weighted by Crippen LogP contribution is -2.43. The van der Waals surface area contributed by atoms with Gasteiger partial charge in [-0.3, -0.25) is 4.57 Å². The van der Waals surface area contributed by atoms with Gasteiger partial charge in [-0.05, 0) is 42.8 Å². The molecule has 9 heteroatoms. The maximum atomic E-state index is 13.0. The fourth-order valence-corrected chi connectivity index (χ4v) is 3.20. The van der Waals surface area contributed by atoms with Gasteiger partial charge >= 0.3 is 11.4 Å². The van der Waals surface area contributed by atoms with E-state index in [4.69, 9.17) is 4.74 Å². The molecule has 4 aromatic rings. The van der Waals surface area contributed by atoms with Gasteiger partial charge in [-0.1, -0.05) is 35.9 Å². The van der Waals surface area contributed by atoms with Crippen molar-refractivity contribution in [3.8, 4) is 11.6 Å². The molecule has 0 saturated heterocycles. The minimum atomic E-state index is -0.730. The summed E-state index contributed by atoms with van der Waals surface area (Å²) in [4.78, 5) is 33.6. The molecule has 2 heterocycles. The summed E-state index contributed by atoms with van der Waals surface area (Å²) in [6.07, 6.45) is 1.64. The van der Waals surface area contributed by atoms with E-state index in [-0.39, 0.29) is 25.6 Å². The molecule has 4 rings (SSSR count). The monoisotopic (exact) mass is 445 g/mol. The van der Waals surface area contributed by atoms with Crippen LogP contribution in [-0.4, -0.2) is 30.8 Å². The molecular weight excluding hydrogens is 422 g/mol. The highest BCUT2D eigenvalue weighted by molar-refractivity contribution is 5.55. The Kier molecular flexibility index (Phi) is 6.61. The Balaban J connectivity index is 1.64. The van der Waals surface area contributed by atoms with Crippen molar-refractivity contribution in [2.24, 2.45) is 0 Å². The standard InChI is InChI=1S/C24H23N5O4/c1-17-5-7-18(8-6-17)16-29-22(27-23(31)28(14-15-30)24(29)32)26-19-9-11-20(12-10-19)33-21-4-2-3-13-25-21/h2-13,30H,14-16H2,1H3,(H,26,27,31). The van der Waals surface area contributed by atoms with E-state index in [1.807, 2.05) is 37.3 Å². The van der Waals surface area contributed by atoms with Crippen LogP contribution in [0, 0.1) is 6.92 Å². The number of pyridine rings is 1. The van der Waals surface area contributed by atoms with Gasteiger partial charge in [-0.2, -0.15) is 4.98 Å². The van der Waals surface area contributed by atoms with Crippen LogP contribution in [0.3, 0.4) is 0 Å². The van der Waals surface area contributed by atoms with Gasteiger partial charge in [-0.15, -0.1) is 0 Å². The molecule has 0 bridgehead atoms. The molecule has 0 saturated carbocycles. The van der Waals surface area contributed by atoms with Gasteiger partial charge in [0.25, 0.3) is 0 Å². The topological polar surface area (TPSA) is 111 Å². The molecule has 9 nitrogen and oxygen atoms in total. The molecule has 0 radical (unpaired) electrons. The molecule has 2 aromatic heterocycles. The molecule has 0 aliphatic carbocycles. The van der Waals surface area contributed by atoms with Crippen LogP contribution in [0.4, 0.5) is 11.6 Å². The highest BCUT2D eigenvalue weighted by Gasteiger charge is 2.14. The number of aliphatic hydroxyl groups excluding tert-OH is 1. The van der Waals surface area contributed by atoms with E-state index in [2.05, 4.69) is 15.3 Å². The Morgan fingerprint density at radius 1 is 0.970 bits per heavy atom. The highest BCUT2D eigenvalue weighted by atomic mass is 16.5. The number of nitrogens with one attached hydrogen (secondary N) is 1. The van der Waals surface area contributed by atoms with E-state index in [1.165, 1.54) is 4.57 Å². The first kappa shape index (κ1) is 22.0. The number of ether oxygens (including phenoxy) is 1. The molecule has 2 N–H and O–H groups in total. The van der Waals surface area contributed by atoms with Crippen LogP contribution in [0.1, 0.15) is 11.1 Å². The SMILES string of the molecule is Cc1ccc(Cn2c(Nc3ccc(Oc4ccccn4)cc3)nc(=O)n(CCO)c2=O)cc1. The lowest BCUT2D eigenvalue weighted by atomic mass is 10.1. The lowest BCUT2D eigenvalue weighted by Gasteiger charge is -2.15. The van der Waals surface area contributed by atoms with E-state index in [0.29, 0.717) is 17.3 Å². The second-order valence-corrected chi connectivity index (χ2v) is 7.37. The number of anilines is 2. The van der Waals surface area contributed by atoms with Gasteiger partial charge in [0.15, 0.2) is 0 Å². The second-order valence-electron chi connectivity index (χ2n) is 7.37. The first-order valence-corrected chi connectivity index (χ1v) is 10.4. The van der Waals surface area contributed by atoms with Crippen molar-refractivity contribution in [3.05, 3.63) is 105 Å². The molecule has 2 aromatic carbocycles. The van der Waals surface area contributed by atoms with Crippen molar-refractivity contribution in [3.63, 3.8) is 0 Å².